The number of nitrogens with zero attached hydrogens (tertiary/aromatic N) is 2. The number of benzene rings is 2. The van der Waals surface area contributed by atoms with Crippen molar-refractivity contribution in [3.05, 3.63) is 71.9 Å². The fourth-order valence-electron chi connectivity index (χ4n) is 3.87. The first-order valence-electron chi connectivity index (χ1n) is 11.2. The lowest BCUT2D eigenvalue weighted by atomic mass is 10.1. The summed E-state index contributed by atoms with van der Waals surface area (Å²) in [4.78, 5) is 30.3. The second-order valence-electron chi connectivity index (χ2n) is 8.11. The molecule has 0 saturated carbocycles. The standard InChI is InChI=1S/C25H28N6O3/c26-24(33)20-16-28-23(15-21(20)27-11-10-17-6-1-2-9-22(17)32)29-18-7-5-8-19(14-18)30-25(34)31-12-3-4-13-31/h1-2,5-9,14-16,32H,3-4,10-13H2,(H2,26,33)(H,30,34)(H2,27,28,29). The number of nitrogens with two attached hydrogens (primary N) is 1. The van der Waals surface area contributed by atoms with Crippen molar-refractivity contribution in [2.75, 3.05) is 35.6 Å². The monoisotopic (exact) mass is 460 g/mol. The van der Waals surface area contributed by atoms with Crippen molar-refractivity contribution < 1.29 is 14.7 Å². The van der Waals surface area contributed by atoms with Crippen molar-refractivity contribution in [3.63, 3.8) is 0 Å². The second-order valence-corrected chi connectivity index (χ2v) is 8.11. The Balaban J connectivity index is 1.44. The lowest BCUT2D eigenvalue weighted by molar-refractivity contribution is 0.100. The first kappa shape index (κ1) is 22.9. The number of hydrogen-bond donors (Lipinski definition) is 5. The van der Waals surface area contributed by atoms with E-state index in [2.05, 4.69) is 20.9 Å². The van der Waals surface area contributed by atoms with E-state index >= 15 is 0 Å². The number of para-hydroxylation sites is 1. The average molecular weight is 461 g/mol. The third kappa shape index (κ3) is 5.74. The van der Waals surface area contributed by atoms with Gasteiger partial charge in [0.1, 0.15) is 11.6 Å². The smallest absolute Gasteiger partial charge is 0.321 e. The van der Waals surface area contributed by atoms with Crippen LogP contribution in [0.15, 0.2) is 60.8 Å². The Morgan fingerprint density at radius 2 is 1.79 bits per heavy atom. The zero-order valence-electron chi connectivity index (χ0n) is 18.8. The van der Waals surface area contributed by atoms with E-state index in [4.69, 9.17) is 5.73 Å². The first-order valence-corrected chi connectivity index (χ1v) is 11.2. The Bertz CT molecular complexity index is 1180. The summed E-state index contributed by atoms with van der Waals surface area (Å²) in [6.45, 7) is 2.04. The highest BCUT2D eigenvalue weighted by molar-refractivity contribution is 5.98. The van der Waals surface area contributed by atoms with E-state index in [1.807, 2.05) is 36.4 Å². The number of likely N-dealkylation sites (tertiary alicyclic amines) is 1. The zero-order valence-corrected chi connectivity index (χ0v) is 18.8. The molecular weight excluding hydrogens is 432 g/mol. The van der Waals surface area contributed by atoms with Crippen LogP contribution in [-0.2, 0) is 6.42 Å². The number of amides is 3. The van der Waals surface area contributed by atoms with Crippen LogP contribution in [0.1, 0.15) is 28.8 Å². The van der Waals surface area contributed by atoms with Gasteiger partial charge in [-0.15, -0.1) is 0 Å². The van der Waals surface area contributed by atoms with E-state index < -0.39 is 5.91 Å². The van der Waals surface area contributed by atoms with E-state index in [1.165, 1.54) is 6.20 Å². The van der Waals surface area contributed by atoms with Crippen molar-refractivity contribution in [1.29, 1.82) is 0 Å². The minimum atomic E-state index is -0.587. The number of phenols is 1. The predicted octanol–water partition coefficient (Wildman–Crippen LogP) is 3.91. The number of anilines is 4. The molecule has 9 heteroatoms. The van der Waals surface area contributed by atoms with Crippen LogP contribution in [0.4, 0.5) is 27.7 Å². The Labute approximate surface area is 198 Å². The van der Waals surface area contributed by atoms with Gasteiger partial charge in [0.05, 0.1) is 11.3 Å². The van der Waals surface area contributed by atoms with E-state index in [-0.39, 0.29) is 17.3 Å². The van der Waals surface area contributed by atoms with Crippen LogP contribution < -0.4 is 21.7 Å². The average Bonchev–Trinajstić information content (AvgIpc) is 3.36. The molecule has 0 radical (unpaired) electrons. The fourth-order valence-corrected chi connectivity index (χ4v) is 3.87. The number of carbonyl (C=O) groups is 2. The maximum absolute atomic E-state index is 12.4. The van der Waals surface area contributed by atoms with Crippen LogP contribution in [0.5, 0.6) is 5.75 Å². The topological polar surface area (TPSA) is 133 Å². The van der Waals surface area contributed by atoms with Crippen LogP contribution in [0, 0.1) is 0 Å². The molecule has 2 aromatic carbocycles. The molecule has 176 valence electrons. The molecule has 6 N–H and O–H groups in total. The van der Waals surface area contributed by atoms with Gasteiger partial charge >= 0.3 is 6.03 Å². The summed E-state index contributed by atoms with van der Waals surface area (Å²) < 4.78 is 0. The molecule has 3 aromatic rings. The second kappa shape index (κ2) is 10.6. The van der Waals surface area contributed by atoms with Crippen LogP contribution in [-0.4, -0.2) is 46.6 Å². The Kier molecular flexibility index (Phi) is 7.12. The van der Waals surface area contributed by atoms with E-state index in [0.717, 1.165) is 37.2 Å². The van der Waals surface area contributed by atoms with Gasteiger partial charge in [-0.3, -0.25) is 4.79 Å². The lowest BCUT2D eigenvalue weighted by Crippen LogP contribution is -2.32. The molecular formula is C25H28N6O3. The summed E-state index contributed by atoms with van der Waals surface area (Å²) >= 11 is 0. The van der Waals surface area contributed by atoms with Crippen LogP contribution in [0.25, 0.3) is 0 Å². The van der Waals surface area contributed by atoms with Gasteiger partial charge in [0.2, 0.25) is 0 Å². The highest BCUT2D eigenvalue weighted by Gasteiger charge is 2.18. The number of phenolic OH excluding ortho intramolecular Hbond substituents is 1. The number of carbonyl (C=O) groups excluding carboxylic acids is 2. The Morgan fingerprint density at radius 3 is 2.56 bits per heavy atom. The fraction of sp³-hybridized carbons (Fsp3) is 0.240. The summed E-state index contributed by atoms with van der Waals surface area (Å²) in [7, 11) is 0. The quantitative estimate of drug-likeness (QED) is 0.346. The number of urea groups is 1. The number of aromatic hydroxyl groups is 1. The van der Waals surface area contributed by atoms with E-state index in [9.17, 15) is 14.7 Å². The molecule has 2 heterocycles. The van der Waals surface area contributed by atoms with Crippen LogP contribution in [0.2, 0.25) is 0 Å². The molecule has 1 aromatic heterocycles. The largest absolute Gasteiger partial charge is 0.508 e. The highest BCUT2D eigenvalue weighted by Crippen LogP contribution is 2.24. The highest BCUT2D eigenvalue weighted by atomic mass is 16.3. The third-order valence-corrected chi connectivity index (χ3v) is 5.65. The molecule has 1 aliphatic heterocycles. The summed E-state index contributed by atoms with van der Waals surface area (Å²) in [5.74, 6) is 0.155. The van der Waals surface area contributed by atoms with Crippen molar-refractivity contribution in [2.24, 2.45) is 5.73 Å². The lowest BCUT2D eigenvalue weighted by Gasteiger charge is -2.17. The molecule has 1 aliphatic rings. The number of hydrogen-bond acceptors (Lipinski definition) is 6. The number of primary amides is 1. The van der Waals surface area contributed by atoms with E-state index in [0.29, 0.717) is 30.2 Å². The summed E-state index contributed by atoms with van der Waals surface area (Å²) in [6.07, 6.45) is 4.05. The van der Waals surface area contributed by atoms with Gasteiger partial charge in [0.25, 0.3) is 5.91 Å². The molecule has 0 atom stereocenters. The molecule has 0 aliphatic carbocycles. The van der Waals surface area contributed by atoms with Crippen molar-refractivity contribution in [1.82, 2.24) is 9.88 Å². The van der Waals surface area contributed by atoms with Crippen molar-refractivity contribution >= 4 is 34.8 Å². The molecule has 1 saturated heterocycles. The normalized spacial score (nSPS) is 12.9. The molecule has 9 nitrogen and oxygen atoms in total. The summed E-state index contributed by atoms with van der Waals surface area (Å²) in [6, 6.07) is 16.1. The Hall–Kier alpha value is -4.27. The molecule has 0 bridgehead atoms. The molecule has 1 fully saturated rings. The van der Waals surface area contributed by atoms with Gasteiger partial charge in [-0.2, -0.15) is 0 Å². The molecule has 0 unspecified atom stereocenters. The van der Waals surface area contributed by atoms with Gasteiger partial charge in [-0.25, -0.2) is 9.78 Å². The minimum absolute atomic E-state index is 0.102. The van der Waals surface area contributed by atoms with Crippen LogP contribution >= 0.6 is 0 Å². The third-order valence-electron chi connectivity index (χ3n) is 5.65. The Morgan fingerprint density at radius 1 is 1.03 bits per heavy atom. The molecule has 3 amide bonds. The van der Waals surface area contributed by atoms with Gasteiger partial charge in [-0.05, 0) is 49.1 Å². The zero-order chi connectivity index (χ0) is 23.9. The maximum Gasteiger partial charge on any atom is 0.321 e. The van der Waals surface area contributed by atoms with Gasteiger partial charge in [0.15, 0.2) is 0 Å². The number of rotatable bonds is 8. The van der Waals surface area contributed by atoms with Gasteiger partial charge in [0, 0.05) is 43.3 Å². The number of aromatic nitrogens is 1. The minimum Gasteiger partial charge on any atom is -0.508 e. The first-order chi connectivity index (χ1) is 16.5. The van der Waals surface area contributed by atoms with Crippen molar-refractivity contribution in [3.8, 4) is 5.75 Å². The predicted molar refractivity (Wildman–Crippen MR) is 133 cm³/mol. The molecule has 34 heavy (non-hydrogen) atoms. The SMILES string of the molecule is NC(=O)c1cnc(Nc2cccc(NC(=O)N3CCCC3)c2)cc1NCCc1ccccc1O. The number of pyridine rings is 1. The molecule has 4 rings (SSSR count). The number of nitrogens with one attached hydrogen (secondary N) is 3. The summed E-state index contributed by atoms with van der Waals surface area (Å²) in [5, 5.41) is 19.3. The van der Waals surface area contributed by atoms with E-state index in [1.54, 1.807) is 23.1 Å². The maximum atomic E-state index is 12.4. The van der Waals surface area contributed by atoms with Gasteiger partial charge in [-0.1, -0.05) is 24.3 Å². The van der Waals surface area contributed by atoms with Crippen LogP contribution in [0.3, 0.4) is 0 Å². The van der Waals surface area contributed by atoms with Gasteiger partial charge < -0.3 is 31.7 Å². The van der Waals surface area contributed by atoms with Crippen molar-refractivity contribution in [2.45, 2.75) is 19.3 Å². The summed E-state index contributed by atoms with van der Waals surface area (Å²) in [5.41, 5.74) is 8.55. The molecule has 0 spiro atoms.